The van der Waals surface area contributed by atoms with E-state index in [1.165, 1.54) is 38.8 Å². The number of carbonyl (C=O) groups excluding carboxylic acids is 1. The molecule has 1 aromatic rings. The lowest BCUT2D eigenvalue weighted by Gasteiger charge is -2.19. The van der Waals surface area contributed by atoms with Crippen LogP contribution in [0.4, 0.5) is 0 Å². The van der Waals surface area contributed by atoms with Crippen molar-refractivity contribution in [3.05, 3.63) is 30.3 Å². The molecule has 0 aliphatic carbocycles. The summed E-state index contributed by atoms with van der Waals surface area (Å²) in [6, 6.07) is 9.73. The number of nitrogens with zero attached hydrogens (tertiary/aromatic N) is 1. The Balaban J connectivity index is 1.45. The molecule has 2 rings (SSSR count). The molecule has 0 radical (unpaired) electrons. The van der Waals surface area contributed by atoms with Gasteiger partial charge in [-0.15, -0.1) is 0 Å². The molecule has 1 heterocycles. The maximum absolute atomic E-state index is 11.8. The quantitative estimate of drug-likeness (QED) is 0.711. The average molecular weight is 318 g/mol. The molecule has 1 fully saturated rings. The highest BCUT2D eigenvalue weighted by molar-refractivity contribution is 5.75. The van der Waals surface area contributed by atoms with Gasteiger partial charge in [-0.1, -0.05) is 31.0 Å². The van der Waals surface area contributed by atoms with Gasteiger partial charge in [-0.05, 0) is 57.5 Å². The second-order valence-electron chi connectivity index (χ2n) is 6.22. The van der Waals surface area contributed by atoms with Crippen LogP contribution in [0.3, 0.4) is 0 Å². The zero-order valence-corrected chi connectivity index (χ0v) is 14.1. The second-order valence-corrected chi connectivity index (χ2v) is 6.22. The molecule has 0 bridgehead atoms. The van der Waals surface area contributed by atoms with Gasteiger partial charge in [-0.25, -0.2) is 0 Å². The summed E-state index contributed by atoms with van der Waals surface area (Å²) in [4.78, 5) is 14.3. The van der Waals surface area contributed by atoms with Gasteiger partial charge in [0, 0.05) is 13.0 Å². The minimum atomic E-state index is 0.137. The molecule has 1 amide bonds. The van der Waals surface area contributed by atoms with Crippen molar-refractivity contribution >= 4 is 5.91 Å². The topological polar surface area (TPSA) is 41.6 Å². The zero-order valence-electron chi connectivity index (χ0n) is 14.1. The first-order valence-corrected chi connectivity index (χ1v) is 9.01. The van der Waals surface area contributed by atoms with Crippen LogP contribution in [0.25, 0.3) is 0 Å². The Hall–Kier alpha value is -1.55. The van der Waals surface area contributed by atoms with E-state index in [9.17, 15) is 4.79 Å². The first-order valence-electron chi connectivity index (χ1n) is 9.01. The standard InChI is InChI=1S/C19H30N2O2/c22-19(12-8-17-23-18-10-4-3-5-11-18)20-13-9-16-21-14-6-1-2-7-15-21/h3-5,10-11H,1-2,6-9,12-17H2,(H,20,22). The third-order valence-corrected chi connectivity index (χ3v) is 4.23. The lowest BCUT2D eigenvalue weighted by atomic mass is 10.2. The van der Waals surface area contributed by atoms with Crippen molar-refractivity contribution in [3.63, 3.8) is 0 Å². The SMILES string of the molecule is O=C(CCCOc1ccccc1)NCCCN1CCCCCC1. The number of hydrogen-bond acceptors (Lipinski definition) is 3. The van der Waals surface area contributed by atoms with Crippen LogP contribution in [0, 0.1) is 0 Å². The van der Waals surface area contributed by atoms with Crippen LogP contribution in [-0.4, -0.2) is 43.6 Å². The highest BCUT2D eigenvalue weighted by Gasteiger charge is 2.08. The molecule has 1 saturated heterocycles. The minimum absolute atomic E-state index is 0.137. The predicted molar refractivity (Wildman–Crippen MR) is 93.7 cm³/mol. The normalized spacial score (nSPS) is 15.8. The second kappa shape index (κ2) is 11.1. The van der Waals surface area contributed by atoms with E-state index in [-0.39, 0.29) is 5.91 Å². The Morgan fingerprint density at radius 3 is 2.52 bits per heavy atom. The van der Waals surface area contributed by atoms with Crippen LogP contribution in [0.1, 0.15) is 44.9 Å². The molecule has 0 aromatic heterocycles. The van der Waals surface area contributed by atoms with Gasteiger partial charge >= 0.3 is 0 Å². The van der Waals surface area contributed by atoms with Gasteiger partial charge in [-0.3, -0.25) is 4.79 Å². The van der Waals surface area contributed by atoms with E-state index in [1.54, 1.807) is 0 Å². The van der Waals surface area contributed by atoms with Crippen molar-refractivity contribution in [1.82, 2.24) is 10.2 Å². The van der Waals surface area contributed by atoms with Crippen molar-refractivity contribution in [2.24, 2.45) is 0 Å². The van der Waals surface area contributed by atoms with Crippen LogP contribution in [0.2, 0.25) is 0 Å². The maximum Gasteiger partial charge on any atom is 0.220 e. The average Bonchev–Trinajstić information content (AvgIpc) is 2.85. The molecule has 0 atom stereocenters. The molecule has 4 heteroatoms. The first kappa shape index (κ1) is 17.8. The Kier molecular flexibility index (Phi) is 8.56. The number of amides is 1. The first-order chi connectivity index (χ1) is 11.3. The van der Waals surface area contributed by atoms with E-state index in [1.807, 2.05) is 30.3 Å². The number of para-hydroxylation sites is 1. The number of rotatable bonds is 9. The smallest absolute Gasteiger partial charge is 0.220 e. The molecule has 4 nitrogen and oxygen atoms in total. The summed E-state index contributed by atoms with van der Waals surface area (Å²) in [5, 5.41) is 3.02. The monoisotopic (exact) mass is 318 g/mol. The highest BCUT2D eigenvalue weighted by Crippen LogP contribution is 2.10. The summed E-state index contributed by atoms with van der Waals surface area (Å²) in [7, 11) is 0. The minimum Gasteiger partial charge on any atom is -0.494 e. The molecule has 1 N–H and O–H groups in total. The zero-order chi connectivity index (χ0) is 16.2. The van der Waals surface area contributed by atoms with Crippen LogP contribution >= 0.6 is 0 Å². The highest BCUT2D eigenvalue weighted by atomic mass is 16.5. The fraction of sp³-hybridized carbons (Fsp3) is 0.632. The lowest BCUT2D eigenvalue weighted by molar-refractivity contribution is -0.121. The van der Waals surface area contributed by atoms with Crippen LogP contribution in [-0.2, 0) is 4.79 Å². The van der Waals surface area contributed by atoms with Crippen LogP contribution < -0.4 is 10.1 Å². The fourth-order valence-electron chi connectivity index (χ4n) is 2.92. The number of likely N-dealkylation sites (tertiary alicyclic amines) is 1. The van der Waals surface area contributed by atoms with Gasteiger partial charge in [0.1, 0.15) is 5.75 Å². The third-order valence-electron chi connectivity index (χ3n) is 4.23. The molecule has 1 aromatic carbocycles. The predicted octanol–water partition coefficient (Wildman–Crippen LogP) is 3.23. The molecule has 0 spiro atoms. The summed E-state index contributed by atoms with van der Waals surface area (Å²) in [6.07, 6.45) is 7.74. The summed E-state index contributed by atoms with van der Waals surface area (Å²) >= 11 is 0. The summed E-state index contributed by atoms with van der Waals surface area (Å²) in [6.45, 7) is 4.94. The van der Waals surface area contributed by atoms with E-state index in [0.717, 1.165) is 31.7 Å². The van der Waals surface area contributed by atoms with Crippen molar-refractivity contribution < 1.29 is 9.53 Å². The number of ether oxygens (including phenoxy) is 1. The van der Waals surface area contributed by atoms with Crippen molar-refractivity contribution in [3.8, 4) is 5.75 Å². The lowest BCUT2D eigenvalue weighted by Crippen LogP contribution is -2.30. The molecule has 1 aliphatic rings. The summed E-state index contributed by atoms with van der Waals surface area (Å²) in [5.74, 6) is 1.00. The van der Waals surface area contributed by atoms with Gasteiger partial charge in [0.25, 0.3) is 0 Å². The van der Waals surface area contributed by atoms with Crippen molar-refractivity contribution in [2.45, 2.75) is 44.9 Å². The van der Waals surface area contributed by atoms with Gasteiger partial charge in [0.2, 0.25) is 5.91 Å². The molecule has 1 aliphatic heterocycles. The Labute approximate surface area is 140 Å². The molecule has 0 unspecified atom stereocenters. The summed E-state index contributed by atoms with van der Waals surface area (Å²) in [5.41, 5.74) is 0. The van der Waals surface area contributed by atoms with Crippen molar-refractivity contribution in [1.29, 1.82) is 0 Å². The van der Waals surface area contributed by atoms with Gasteiger partial charge in [-0.2, -0.15) is 0 Å². The van der Waals surface area contributed by atoms with Crippen molar-refractivity contribution in [2.75, 3.05) is 32.8 Å². The number of nitrogens with one attached hydrogen (secondary N) is 1. The largest absolute Gasteiger partial charge is 0.494 e. The van der Waals surface area contributed by atoms with Crippen LogP contribution in [0.5, 0.6) is 5.75 Å². The van der Waals surface area contributed by atoms with E-state index < -0.39 is 0 Å². The molecular weight excluding hydrogens is 288 g/mol. The van der Waals surface area contributed by atoms with Gasteiger partial charge in [0.05, 0.1) is 6.61 Å². The number of carbonyl (C=O) groups is 1. The Morgan fingerprint density at radius 2 is 1.78 bits per heavy atom. The molecule has 23 heavy (non-hydrogen) atoms. The Bertz CT molecular complexity index is 428. The number of hydrogen-bond donors (Lipinski definition) is 1. The molecule has 128 valence electrons. The van der Waals surface area contributed by atoms with Gasteiger partial charge < -0.3 is 15.0 Å². The number of benzene rings is 1. The summed E-state index contributed by atoms with van der Waals surface area (Å²) < 4.78 is 5.59. The Morgan fingerprint density at radius 1 is 1.04 bits per heavy atom. The van der Waals surface area contributed by atoms with E-state index in [2.05, 4.69) is 10.2 Å². The molecular formula is C19H30N2O2. The maximum atomic E-state index is 11.8. The van der Waals surface area contributed by atoms with Gasteiger partial charge in [0.15, 0.2) is 0 Å². The molecule has 0 saturated carbocycles. The van der Waals surface area contributed by atoms with Crippen LogP contribution in [0.15, 0.2) is 30.3 Å². The fourth-order valence-corrected chi connectivity index (χ4v) is 2.92. The van der Waals surface area contributed by atoms with E-state index in [0.29, 0.717) is 13.0 Å². The van der Waals surface area contributed by atoms with E-state index >= 15 is 0 Å². The third kappa shape index (κ3) is 8.03. The van der Waals surface area contributed by atoms with E-state index in [4.69, 9.17) is 4.74 Å².